The average molecular weight is 354 g/mol. The van der Waals surface area contributed by atoms with E-state index in [2.05, 4.69) is 10.2 Å². The van der Waals surface area contributed by atoms with Crippen LogP contribution in [0.15, 0.2) is 41.7 Å². The number of pyridine rings is 1. The zero-order chi connectivity index (χ0) is 15.5. The molecule has 3 aromatic rings. The highest BCUT2D eigenvalue weighted by molar-refractivity contribution is 7.98. The van der Waals surface area contributed by atoms with E-state index in [1.807, 2.05) is 31.2 Å². The highest BCUT2D eigenvalue weighted by Crippen LogP contribution is 2.29. The Hall–Kier alpha value is -1.43. The number of hydrogen-bond donors (Lipinski definition) is 0. The molecular weight excluding hydrogens is 341 g/mol. The number of halogens is 2. The van der Waals surface area contributed by atoms with Crippen LogP contribution in [0.1, 0.15) is 12.5 Å². The van der Waals surface area contributed by atoms with Gasteiger partial charge in [0.25, 0.3) is 0 Å². The molecule has 0 atom stereocenters. The second kappa shape index (κ2) is 6.77. The molecule has 2 heterocycles. The van der Waals surface area contributed by atoms with Gasteiger partial charge in [0.1, 0.15) is 5.75 Å². The molecule has 3 rings (SSSR count). The van der Waals surface area contributed by atoms with Crippen molar-refractivity contribution < 1.29 is 4.74 Å². The first-order valence-corrected chi connectivity index (χ1v) is 8.46. The topological polar surface area (TPSA) is 39.4 Å². The molecule has 7 heteroatoms. The lowest BCUT2D eigenvalue weighted by molar-refractivity contribution is 0.337. The van der Waals surface area contributed by atoms with Crippen molar-refractivity contribution in [3.8, 4) is 5.75 Å². The van der Waals surface area contributed by atoms with Gasteiger partial charge in [-0.15, -0.1) is 10.2 Å². The highest BCUT2D eigenvalue weighted by atomic mass is 35.5. The third-order valence-corrected chi connectivity index (χ3v) is 4.50. The first-order chi connectivity index (χ1) is 10.7. The van der Waals surface area contributed by atoms with Crippen molar-refractivity contribution in [1.29, 1.82) is 0 Å². The van der Waals surface area contributed by atoms with Gasteiger partial charge in [0.05, 0.1) is 16.7 Å². The molecule has 22 heavy (non-hydrogen) atoms. The van der Waals surface area contributed by atoms with Gasteiger partial charge in [0.15, 0.2) is 10.8 Å². The average Bonchev–Trinajstić information content (AvgIpc) is 2.90. The fourth-order valence-electron chi connectivity index (χ4n) is 2.06. The van der Waals surface area contributed by atoms with E-state index in [-0.39, 0.29) is 0 Å². The van der Waals surface area contributed by atoms with Crippen molar-refractivity contribution in [2.75, 3.05) is 6.61 Å². The molecule has 0 fully saturated rings. The van der Waals surface area contributed by atoms with Gasteiger partial charge in [0, 0.05) is 17.5 Å². The van der Waals surface area contributed by atoms with Crippen LogP contribution in [0.2, 0.25) is 10.0 Å². The smallest absolute Gasteiger partial charge is 0.196 e. The molecule has 0 N–H and O–H groups in total. The molecule has 0 amide bonds. The van der Waals surface area contributed by atoms with Crippen LogP contribution in [-0.2, 0) is 5.75 Å². The van der Waals surface area contributed by atoms with Crippen molar-refractivity contribution in [1.82, 2.24) is 14.6 Å². The van der Waals surface area contributed by atoms with E-state index in [1.54, 1.807) is 28.4 Å². The predicted octanol–water partition coefficient (Wildman–Crippen LogP) is 4.73. The second-order valence-electron chi connectivity index (χ2n) is 4.51. The van der Waals surface area contributed by atoms with Crippen molar-refractivity contribution >= 4 is 40.6 Å². The fraction of sp³-hybridized carbons (Fsp3) is 0.200. The maximum atomic E-state index is 6.12. The molecule has 0 aliphatic heterocycles. The Morgan fingerprint density at radius 3 is 2.86 bits per heavy atom. The Morgan fingerprint density at radius 2 is 2.05 bits per heavy atom. The van der Waals surface area contributed by atoms with Crippen LogP contribution in [0.25, 0.3) is 5.65 Å². The van der Waals surface area contributed by atoms with Gasteiger partial charge in [-0.1, -0.05) is 53.2 Å². The van der Waals surface area contributed by atoms with Crippen molar-refractivity contribution in [2.45, 2.75) is 17.8 Å². The van der Waals surface area contributed by atoms with E-state index in [9.17, 15) is 0 Å². The molecule has 0 saturated carbocycles. The number of rotatable bonds is 5. The predicted molar refractivity (Wildman–Crippen MR) is 90.2 cm³/mol. The van der Waals surface area contributed by atoms with Crippen LogP contribution < -0.4 is 4.74 Å². The second-order valence-corrected chi connectivity index (χ2v) is 6.30. The van der Waals surface area contributed by atoms with Gasteiger partial charge < -0.3 is 4.74 Å². The summed E-state index contributed by atoms with van der Waals surface area (Å²) >= 11 is 13.7. The van der Waals surface area contributed by atoms with Crippen LogP contribution in [0, 0.1) is 0 Å². The Labute approximate surface area is 142 Å². The number of hydrogen-bond acceptors (Lipinski definition) is 4. The third-order valence-electron chi connectivity index (χ3n) is 3.02. The lowest BCUT2D eigenvalue weighted by Gasteiger charge is -2.09. The Morgan fingerprint density at radius 1 is 1.23 bits per heavy atom. The van der Waals surface area contributed by atoms with Crippen molar-refractivity contribution in [2.24, 2.45) is 0 Å². The highest BCUT2D eigenvalue weighted by Gasteiger charge is 2.11. The molecule has 0 spiro atoms. The van der Waals surface area contributed by atoms with Gasteiger partial charge in [-0.05, 0) is 19.1 Å². The molecule has 0 unspecified atom stereocenters. The third kappa shape index (κ3) is 3.16. The number of aromatic nitrogens is 3. The van der Waals surface area contributed by atoms with Gasteiger partial charge >= 0.3 is 0 Å². The molecule has 0 aliphatic carbocycles. The minimum atomic E-state index is 0.488. The summed E-state index contributed by atoms with van der Waals surface area (Å²) < 4.78 is 7.44. The molecule has 0 bridgehead atoms. The summed E-state index contributed by atoms with van der Waals surface area (Å²) in [5.74, 6) is 1.61. The number of para-hydroxylation sites is 1. The summed E-state index contributed by atoms with van der Waals surface area (Å²) in [6.07, 6.45) is 1.76. The molecule has 0 radical (unpaired) electrons. The summed E-state index contributed by atoms with van der Waals surface area (Å²) in [6.45, 7) is 2.61. The van der Waals surface area contributed by atoms with Crippen LogP contribution in [-0.4, -0.2) is 21.2 Å². The van der Waals surface area contributed by atoms with Crippen molar-refractivity contribution in [3.05, 3.63) is 52.1 Å². The van der Waals surface area contributed by atoms with E-state index < -0.39 is 0 Å². The minimum absolute atomic E-state index is 0.488. The lowest BCUT2D eigenvalue weighted by atomic mass is 10.2. The Balaban J connectivity index is 1.86. The van der Waals surface area contributed by atoms with Gasteiger partial charge in [-0.2, -0.15) is 0 Å². The first kappa shape index (κ1) is 15.5. The molecule has 114 valence electrons. The van der Waals surface area contributed by atoms with Gasteiger partial charge in [-0.25, -0.2) is 0 Å². The molecular formula is C15H13Cl2N3OS. The Bertz CT molecular complexity index is 807. The minimum Gasteiger partial charge on any atom is -0.494 e. The summed E-state index contributed by atoms with van der Waals surface area (Å²) in [5, 5.41) is 10.1. The monoisotopic (exact) mass is 353 g/mol. The van der Waals surface area contributed by atoms with Crippen LogP contribution in [0.3, 0.4) is 0 Å². The van der Waals surface area contributed by atoms with Gasteiger partial charge in [-0.3, -0.25) is 4.40 Å². The van der Waals surface area contributed by atoms with Gasteiger partial charge in [0.2, 0.25) is 0 Å². The quantitative estimate of drug-likeness (QED) is 0.621. The van der Waals surface area contributed by atoms with Crippen LogP contribution in [0.5, 0.6) is 5.75 Å². The molecule has 0 aliphatic rings. The maximum absolute atomic E-state index is 6.12. The molecule has 2 aromatic heterocycles. The number of nitrogens with zero attached hydrogens (tertiary/aromatic N) is 3. The summed E-state index contributed by atoms with van der Waals surface area (Å²) in [4.78, 5) is 0. The molecule has 1 aromatic carbocycles. The number of benzene rings is 1. The largest absolute Gasteiger partial charge is 0.494 e. The zero-order valence-electron chi connectivity index (χ0n) is 11.8. The lowest BCUT2D eigenvalue weighted by Crippen LogP contribution is -1.96. The SMILES string of the molecule is CCOc1ccccc1CSc1nnc2c(Cl)cc(Cl)cn12. The summed E-state index contributed by atoms with van der Waals surface area (Å²) in [6, 6.07) is 9.63. The molecule has 0 saturated heterocycles. The first-order valence-electron chi connectivity index (χ1n) is 6.72. The number of fused-ring (bicyclic) bond motifs is 1. The van der Waals surface area contributed by atoms with E-state index in [4.69, 9.17) is 27.9 Å². The normalized spacial score (nSPS) is 11.0. The van der Waals surface area contributed by atoms with Crippen molar-refractivity contribution in [3.63, 3.8) is 0 Å². The van der Waals surface area contributed by atoms with E-state index in [1.165, 1.54) is 0 Å². The maximum Gasteiger partial charge on any atom is 0.196 e. The number of ether oxygens (including phenoxy) is 1. The summed E-state index contributed by atoms with van der Waals surface area (Å²) in [7, 11) is 0. The van der Waals surface area contributed by atoms with Crippen LogP contribution >= 0.6 is 35.0 Å². The van der Waals surface area contributed by atoms with E-state index in [0.29, 0.717) is 22.3 Å². The fourth-order valence-corrected chi connectivity index (χ4v) is 3.47. The Kier molecular flexibility index (Phi) is 4.76. The van der Waals surface area contributed by atoms with E-state index in [0.717, 1.165) is 22.2 Å². The standard InChI is InChI=1S/C15H13Cl2N3OS/c1-2-21-13-6-4-3-5-10(13)9-22-15-19-18-14-12(17)7-11(16)8-20(14)15/h3-8H,2,9H2,1H3. The summed E-state index contributed by atoms with van der Waals surface area (Å²) in [5.41, 5.74) is 1.71. The number of thioether (sulfide) groups is 1. The zero-order valence-corrected chi connectivity index (χ0v) is 14.1. The van der Waals surface area contributed by atoms with E-state index >= 15 is 0 Å². The van der Waals surface area contributed by atoms with Crippen LogP contribution in [0.4, 0.5) is 0 Å². The molecule has 4 nitrogen and oxygen atoms in total.